The van der Waals surface area contributed by atoms with Gasteiger partial charge in [-0.05, 0) is 66.4 Å². The van der Waals surface area contributed by atoms with E-state index >= 15 is 0 Å². The monoisotopic (exact) mass is 282 g/mol. The highest BCUT2D eigenvalue weighted by Crippen LogP contribution is 2.56. The van der Waals surface area contributed by atoms with Crippen molar-refractivity contribution in [3.8, 4) is 5.75 Å². The van der Waals surface area contributed by atoms with Gasteiger partial charge in [0.05, 0.1) is 7.11 Å². The Hall–Kier alpha value is -1.57. The maximum absolute atomic E-state index is 12.3. The molecule has 4 rings (SSSR count). The van der Waals surface area contributed by atoms with Crippen molar-refractivity contribution in [3.05, 3.63) is 35.4 Å². The van der Waals surface area contributed by atoms with E-state index in [9.17, 15) is 4.79 Å². The average Bonchev–Trinajstić information content (AvgIpc) is 2.82. The second-order valence-electron chi connectivity index (χ2n) is 7.02. The van der Waals surface area contributed by atoms with Crippen molar-refractivity contribution >= 4 is 11.4 Å². The fourth-order valence-corrected chi connectivity index (χ4v) is 4.86. The predicted octanol–water partition coefficient (Wildman–Crippen LogP) is 4.03. The van der Waals surface area contributed by atoms with Crippen molar-refractivity contribution in [2.45, 2.75) is 39.0 Å². The summed E-state index contributed by atoms with van der Waals surface area (Å²) >= 11 is 0. The third kappa shape index (κ3) is 1.74. The molecule has 0 aromatic heterocycles. The Morgan fingerprint density at radius 3 is 2.90 bits per heavy atom. The maximum atomic E-state index is 12.3. The van der Waals surface area contributed by atoms with Gasteiger partial charge >= 0.3 is 0 Å². The highest BCUT2D eigenvalue weighted by atomic mass is 16.5. The zero-order valence-electron chi connectivity index (χ0n) is 12.8. The standard InChI is InChI=1S/C19H22O2/c1-19-10-9-15-14-6-4-13(21-2)11-12(14)3-5-16(15)17(19)7-8-18(19)20/h4,6,9,11,16-17H,3,5,7-8,10H2,1-2H3/t16-,17+,19+/m1/s1. The third-order valence-corrected chi connectivity index (χ3v) is 6.12. The van der Waals surface area contributed by atoms with Gasteiger partial charge in [-0.25, -0.2) is 0 Å². The first-order valence-corrected chi connectivity index (χ1v) is 8.04. The number of rotatable bonds is 1. The summed E-state index contributed by atoms with van der Waals surface area (Å²) in [5.74, 6) is 2.57. The highest BCUT2D eigenvalue weighted by molar-refractivity contribution is 5.89. The number of carbonyl (C=O) groups is 1. The van der Waals surface area contributed by atoms with Crippen molar-refractivity contribution in [1.29, 1.82) is 0 Å². The van der Waals surface area contributed by atoms with Gasteiger partial charge < -0.3 is 4.74 Å². The van der Waals surface area contributed by atoms with Crippen molar-refractivity contribution in [2.75, 3.05) is 7.11 Å². The number of Topliss-reactive ketones (excluding diaryl/α,β-unsaturated/α-hetero) is 1. The molecule has 0 bridgehead atoms. The summed E-state index contributed by atoms with van der Waals surface area (Å²) in [5.41, 5.74) is 4.22. The molecular weight excluding hydrogens is 260 g/mol. The van der Waals surface area contributed by atoms with E-state index in [-0.39, 0.29) is 5.41 Å². The molecule has 2 nitrogen and oxygen atoms in total. The van der Waals surface area contributed by atoms with Crippen LogP contribution in [0.25, 0.3) is 5.57 Å². The molecule has 2 heteroatoms. The molecule has 110 valence electrons. The summed E-state index contributed by atoms with van der Waals surface area (Å²) in [7, 11) is 1.73. The molecule has 0 saturated heterocycles. The normalized spacial score (nSPS) is 33.8. The highest BCUT2D eigenvalue weighted by Gasteiger charge is 2.51. The molecule has 0 radical (unpaired) electrons. The molecule has 21 heavy (non-hydrogen) atoms. The maximum Gasteiger partial charge on any atom is 0.139 e. The Labute approximate surface area is 126 Å². The van der Waals surface area contributed by atoms with Crippen LogP contribution in [0.1, 0.15) is 43.7 Å². The van der Waals surface area contributed by atoms with E-state index in [4.69, 9.17) is 4.74 Å². The molecule has 1 aromatic carbocycles. The SMILES string of the molecule is COc1ccc2c(c1)CC[C@@H]1C2=CC[C@]2(C)C(=O)CC[C@@H]12. The van der Waals surface area contributed by atoms with E-state index < -0.39 is 0 Å². The number of hydrogen-bond donors (Lipinski definition) is 0. The van der Waals surface area contributed by atoms with E-state index in [2.05, 4.69) is 31.2 Å². The lowest BCUT2D eigenvalue weighted by molar-refractivity contribution is -0.126. The Bertz CT molecular complexity index is 643. The molecule has 1 saturated carbocycles. The lowest BCUT2D eigenvalue weighted by Crippen LogP contribution is -2.38. The van der Waals surface area contributed by atoms with Crippen LogP contribution in [0.15, 0.2) is 24.3 Å². The number of ketones is 1. The van der Waals surface area contributed by atoms with E-state index in [1.807, 2.05) is 0 Å². The molecule has 0 aliphatic heterocycles. The van der Waals surface area contributed by atoms with E-state index in [1.165, 1.54) is 23.1 Å². The number of hydrogen-bond acceptors (Lipinski definition) is 2. The number of carbonyl (C=O) groups excluding carboxylic acids is 1. The number of fused-ring (bicyclic) bond motifs is 5. The predicted molar refractivity (Wildman–Crippen MR) is 83.2 cm³/mol. The van der Waals surface area contributed by atoms with Crippen LogP contribution >= 0.6 is 0 Å². The van der Waals surface area contributed by atoms with Crippen molar-refractivity contribution in [1.82, 2.24) is 0 Å². The molecule has 0 heterocycles. The first-order valence-electron chi connectivity index (χ1n) is 8.04. The third-order valence-electron chi connectivity index (χ3n) is 6.12. The van der Waals surface area contributed by atoms with Crippen LogP contribution in [0.2, 0.25) is 0 Å². The zero-order chi connectivity index (χ0) is 14.6. The van der Waals surface area contributed by atoms with Gasteiger partial charge in [-0.15, -0.1) is 0 Å². The number of ether oxygens (including phenoxy) is 1. The van der Waals surface area contributed by atoms with Crippen LogP contribution in [0.4, 0.5) is 0 Å². The van der Waals surface area contributed by atoms with Gasteiger partial charge in [-0.2, -0.15) is 0 Å². The second-order valence-corrected chi connectivity index (χ2v) is 7.02. The minimum atomic E-state index is -0.0852. The van der Waals surface area contributed by atoms with E-state index in [0.717, 1.165) is 31.4 Å². The Morgan fingerprint density at radius 2 is 2.10 bits per heavy atom. The average molecular weight is 282 g/mol. The molecule has 0 spiro atoms. The van der Waals surface area contributed by atoms with Crippen LogP contribution < -0.4 is 4.74 Å². The minimum absolute atomic E-state index is 0.0852. The lowest BCUT2D eigenvalue weighted by Gasteiger charge is -2.43. The quantitative estimate of drug-likeness (QED) is 0.777. The van der Waals surface area contributed by atoms with Gasteiger partial charge in [-0.1, -0.05) is 19.1 Å². The van der Waals surface area contributed by atoms with Gasteiger partial charge in [0.2, 0.25) is 0 Å². The number of allylic oxidation sites excluding steroid dienone is 2. The number of aryl methyl sites for hydroxylation is 1. The topological polar surface area (TPSA) is 26.3 Å². The molecule has 0 amide bonds. The van der Waals surface area contributed by atoms with E-state index in [0.29, 0.717) is 17.6 Å². The van der Waals surface area contributed by atoms with Crippen LogP contribution in [0.5, 0.6) is 5.75 Å². The molecule has 0 unspecified atom stereocenters. The Kier molecular flexibility index (Phi) is 2.79. The zero-order valence-corrected chi connectivity index (χ0v) is 12.8. The molecule has 3 aliphatic carbocycles. The van der Waals surface area contributed by atoms with Crippen molar-refractivity contribution in [3.63, 3.8) is 0 Å². The lowest BCUT2D eigenvalue weighted by atomic mass is 9.60. The molecule has 0 N–H and O–H groups in total. The first-order chi connectivity index (χ1) is 10.1. The van der Waals surface area contributed by atoms with Gasteiger partial charge in [0.15, 0.2) is 0 Å². The van der Waals surface area contributed by atoms with Crippen molar-refractivity contribution in [2.24, 2.45) is 17.3 Å². The van der Waals surface area contributed by atoms with Gasteiger partial charge in [-0.3, -0.25) is 4.79 Å². The minimum Gasteiger partial charge on any atom is -0.497 e. The summed E-state index contributed by atoms with van der Waals surface area (Å²) in [4.78, 5) is 12.3. The summed E-state index contributed by atoms with van der Waals surface area (Å²) in [5, 5.41) is 0. The Balaban J connectivity index is 1.78. The van der Waals surface area contributed by atoms with Crippen LogP contribution in [-0.4, -0.2) is 12.9 Å². The van der Waals surface area contributed by atoms with Gasteiger partial charge in [0.1, 0.15) is 11.5 Å². The molecular formula is C19H22O2. The summed E-state index contributed by atoms with van der Waals surface area (Å²) < 4.78 is 5.35. The molecule has 1 fully saturated rings. The molecule has 1 aromatic rings. The van der Waals surface area contributed by atoms with Crippen LogP contribution in [0.3, 0.4) is 0 Å². The summed E-state index contributed by atoms with van der Waals surface area (Å²) in [6.45, 7) is 2.20. The smallest absolute Gasteiger partial charge is 0.139 e. The van der Waals surface area contributed by atoms with Crippen LogP contribution in [0, 0.1) is 17.3 Å². The van der Waals surface area contributed by atoms with Gasteiger partial charge in [0.25, 0.3) is 0 Å². The fraction of sp³-hybridized carbons (Fsp3) is 0.526. The fourth-order valence-electron chi connectivity index (χ4n) is 4.86. The summed E-state index contributed by atoms with van der Waals surface area (Å²) in [6.07, 6.45) is 7.44. The second kappa shape index (κ2) is 4.46. The first kappa shape index (κ1) is 13.1. The van der Waals surface area contributed by atoms with Crippen LogP contribution in [-0.2, 0) is 11.2 Å². The largest absolute Gasteiger partial charge is 0.497 e. The van der Waals surface area contributed by atoms with Gasteiger partial charge in [0, 0.05) is 11.8 Å². The van der Waals surface area contributed by atoms with E-state index in [1.54, 1.807) is 7.11 Å². The Morgan fingerprint density at radius 1 is 1.24 bits per heavy atom. The molecule has 3 atom stereocenters. The van der Waals surface area contributed by atoms with Crippen molar-refractivity contribution < 1.29 is 9.53 Å². The summed E-state index contributed by atoms with van der Waals surface area (Å²) in [6, 6.07) is 6.46. The number of benzene rings is 1. The number of methoxy groups -OCH3 is 1. The molecule has 3 aliphatic rings.